The number of hydrogen-bond donors (Lipinski definition) is 0. The molecule has 0 unspecified atom stereocenters. The lowest BCUT2D eigenvalue weighted by molar-refractivity contribution is 0.0959. The van der Waals surface area contributed by atoms with Crippen LogP contribution in [0.4, 0.5) is 0 Å². The molecule has 0 heterocycles. The van der Waals surface area contributed by atoms with Gasteiger partial charge in [-0.25, -0.2) is 0 Å². The predicted molar refractivity (Wildman–Crippen MR) is 139 cm³/mol. The molecule has 0 spiro atoms. The third-order valence-electron chi connectivity index (χ3n) is 6.72. The summed E-state index contributed by atoms with van der Waals surface area (Å²) >= 11 is 0. The molecule has 0 radical (unpaired) electrons. The molecule has 6 heteroatoms. The Balaban J connectivity index is 0.00000256. The average Bonchev–Trinajstić information content (AvgIpc) is 3.20. The Morgan fingerprint density at radius 1 is 0.719 bits per heavy atom. The highest BCUT2D eigenvalue weighted by Crippen LogP contribution is 2.36. The van der Waals surface area contributed by atoms with Crippen molar-refractivity contribution in [3.8, 4) is 0 Å². The van der Waals surface area contributed by atoms with Crippen LogP contribution in [0.1, 0.15) is 72.4 Å². The summed E-state index contributed by atoms with van der Waals surface area (Å²) in [6, 6.07) is 8.09. The fourth-order valence-electron chi connectivity index (χ4n) is 4.70. The maximum atomic E-state index is 13.0. The van der Waals surface area contributed by atoms with Gasteiger partial charge in [0.05, 0.1) is 0 Å². The molecule has 3 rings (SSSR count). The number of Topliss-reactive ketones (excluding diaryl/α,β-unsaturated/α-hetero) is 2. The van der Waals surface area contributed by atoms with Crippen molar-refractivity contribution in [2.45, 2.75) is 53.4 Å². The third kappa shape index (κ3) is 6.11. The summed E-state index contributed by atoms with van der Waals surface area (Å²) in [4.78, 5) is 30.6. The zero-order chi connectivity index (χ0) is 21.7. The Kier molecular flexibility index (Phi) is 11.9. The van der Waals surface area contributed by atoms with Crippen molar-refractivity contribution in [2.75, 3.05) is 39.3 Å². The number of rotatable bonds is 12. The van der Waals surface area contributed by atoms with Gasteiger partial charge < -0.3 is 9.80 Å². The number of carbonyl (C=O) groups excluding carboxylic acids is 2. The molecule has 0 saturated heterocycles. The van der Waals surface area contributed by atoms with Crippen LogP contribution in [0.3, 0.4) is 0 Å². The summed E-state index contributed by atoms with van der Waals surface area (Å²) in [5.74, 6) is 0.428. The van der Waals surface area contributed by atoms with Crippen molar-refractivity contribution in [2.24, 2.45) is 0 Å². The normalized spacial score (nSPS) is 12.2. The van der Waals surface area contributed by atoms with Gasteiger partial charge in [-0.3, -0.25) is 9.59 Å². The van der Waals surface area contributed by atoms with E-state index in [1.807, 2.05) is 18.2 Å². The molecule has 0 aromatic heterocycles. The van der Waals surface area contributed by atoms with Gasteiger partial charge >= 0.3 is 0 Å². The topological polar surface area (TPSA) is 40.6 Å². The number of nitrogens with zero attached hydrogens (tertiary/aromatic N) is 2. The zero-order valence-electron chi connectivity index (χ0n) is 19.9. The molecule has 2 aromatic carbocycles. The number of hydrogen-bond acceptors (Lipinski definition) is 4. The Bertz CT molecular complexity index is 922. The van der Waals surface area contributed by atoms with Crippen LogP contribution in [0.25, 0.3) is 10.8 Å². The number of halogens is 2. The van der Waals surface area contributed by atoms with Crippen LogP contribution in [0.5, 0.6) is 0 Å². The highest BCUT2D eigenvalue weighted by atomic mass is 35.5. The zero-order valence-corrected chi connectivity index (χ0v) is 21.5. The van der Waals surface area contributed by atoms with E-state index in [2.05, 4.69) is 43.6 Å². The van der Waals surface area contributed by atoms with Gasteiger partial charge in [-0.1, -0.05) is 52.0 Å². The van der Waals surface area contributed by atoms with E-state index < -0.39 is 0 Å². The molecule has 0 amide bonds. The van der Waals surface area contributed by atoms with Crippen molar-refractivity contribution >= 4 is 47.2 Å². The number of carbonyl (C=O) groups is 2. The van der Waals surface area contributed by atoms with E-state index >= 15 is 0 Å². The van der Waals surface area contributed by atoms with Crippen LogP contribution in [0, 0.1) is 0 Å². The van der Waals surface area contributed by atoms with Crippen LogP contribution in [0.2, 0.25) is 0 Å². The van der Waals surface area contributed by atoms with E-state index in [1.54, 1.807) is 0 Å². The minimum Gasteiger partial charge on any atom is -0.303 e. The molecular weight excluding hydrogens is 443 g/mol. The van der Waals surface area contributed by atoms with Crippen LogP contribution in [0.15, 0.2) is 24.3 Å². The Hall–Kier alpha value is -1.46. The quantitative estimate of drug-likeness (QED) is 0.370. The van der Waals surface area contributed by atoms with Crippen molar-refractivity contribution in [3.63, 3.8) is 0 Å². The second-order valence-corrected chi connectivity index (χ2v) is 8.19. The second kappa shape index (κ2) is 13.3. The first-order valence-electron chi connectivity index (χ1n) is 11.6. The van der Waals surface area contributed by atoms with Gasteiger partial charge in [0.25, 0.3) is 0 Å². The minimum atomic E-state index is 0. The van der Waals surface area contributed by atoms with Crippen LogP contribution < -0.4 is 0 Å². The Labute approximate surface area is 205 Å². The lowest BCUT2D eigenvalue weighted by Gasteiger charge is -2.18. The van der Waals surface area contributed by atoms with E-state index in [-0.39, 0.29) is 36.4 Å². The summed E-state index contributed by atoms with van der Waals surface area (Å²) in [6.45, 7) is 14.0. The van der Waals surface area contributed by atoms with Gasteiger partial charge in [0.15, 0.2) is 11.6 Å². The van der Waals surface area contributed by atoms with Gasteiger partial charge in [0.1, 0.15) is 0 Å². The maximum Gasteiger partial charge on any atom is 0.164 e. The summed E-state index contributed by atoms with van der Waals surface area (Å²) in [6.07, 6.45) is 2.95. The monoisotopic (exact) mass is 480 g/mol. The Morgan fingerprint density at radius 3 is 1.75 bits per heavy atom. The van der Waals surface area contributed by atoms with E-state index in [0.717, 1.165) is 79.6 Å². The van der Waals surface area contributed by atoms with Crippen molar-refractivity contribution in [3.05, 3.63) is 46.5 Å². The average molecular weight is 482 g/mol. The lowest BCUT2D eigenvalue weighted by Crippen LogP contribution is -2.26. The molecule has 1 aliphatic carbocycles. The fourth-order valence-corrected chi connectivity index (χ4v) is 4.70. The summed E-state index contributed by atoms with van der Waals surface area (Å²) in [5.41, 5.74) is 4.11. The van der Waals surface area contributed by atoms with E-state index in [1.165, 1.54) is 5.56 Å². The summed E-state index contributed by atoms with van der Waals surface area (Å²) < 4.78 is 0. The van der Waals surface area contributed by atoms with Crippen LogP contribution in [-0.2, 0) is 12.8 Å². The molecule has 0 bridgehead atoms. The highest BCUT2D eigenvalue weighted by molar-refractivity contribution is 6.12. The minimum absolute atomic E-state index is 0. The fraction of sp³-hybridized carbons (Fsp3) is 0.538. The molecule has 0 saturated carbocycles. The first kappa shape index (κ1) is 28.6. The third-order valence-corrected chi connectivity index (χ3v) is 6.72. The predicted octanol–water partition coefficient (Wildman–Crippen LogP) is 5.61. The first-order chi connectivity index (χ1) is 14.5. The molecule has 0 aliphatic heterocycles. The molecular formula is C26H38Cl2N2O2. The van der Waals surface area contributed by atoms with Gasteiger partial charge in [-0.2, -0.15) is 0 Å². The van der Waals surface area contributed by atoms with Crippen LogP contribution >= 0.6 is 24.8 Å². The molecule has 0 N–H and O–H groups in total. The first-order valence-corrected chi connectivity index (χ1v) is 11.6. The van der Waals surface area contributed by atoms with Crippen molar-refractivity contribution in [1.82, 2.24) is 9.80 Å². The molecule has 4 nitrogen and oxygen atoms in total. The largest absolute Gasteiger partial charge is 0.303 e. The van der Waals surface area contributed by atoms with Gasteiger partial charge in [-0.15, -0.1) is 24.8 Å². The van der Waals surface area contributed by atoms with Crippen molar-refractivity contribution in [1.29, 1.82) is 0 Å². The van der Waals surface area contributed by atoms with Gasteiger partial charge in [0.2, 0.25) is 0 Å². The summed E-state index contributed by atoms with van der Waals surface area (Å²) in [7, 11) is 0. The maximum absolute atomic E-state index is 13.0. The number of aryl methyl sites for hydroxylation is 2. The van der Waals surface area contributed by atoms with Crippen molar-refractivity contribution < 1.29 is 9.59 Å². The molecule has 32 heavy (non-hydrogen) atoms. The molecule has 1 aliphatic rings. The number of benzene rings is 2. The number of ketones is 2. The second-order valence-electron chi connectivity index (χ2n) is 8.19. The van der Waals surface area contributed by atoms with Gasteiger partial charge in [-0.05, 0) is 60.9 Å². The SMILES string of the molecule is CCN(CC)CCC(=O)c1ccc2c(C(=O)CCN(CC)CC)ccc3c2c1CC3.Cl.Cl. The van der Waals surface area contributed by atoms with E-state index in [0.29, 0.717) is 12.8 Å². The van der Waals surface area contributed by atoms with Gasteiger partial charge in [0, 0.05) is 37.1 Å². The standard InChI is InChI=1S/C26H36N2O2.2ClH/c1-5-27(6-2)17-15-24(29)20-11-9-19-10-12-22-21(13-14-23(20)26(19)22)25(30)16-18-28(7-3)8-4;;/h9,11,13-14H,5-8,10,12,15-18H2,1-4H3;2*1H. The summed E-state index contributed by atoms with van der Waals surface area (Å²) in [5, 5.41) is 2.20. The Morgan fingerprint density at radius 2 is 1.22 bits per heavy atom. The highest BCUT2D eigenvalue weighted by Gasteiger charge is 2.24. The molecule has 2 aromatic rings. The van der Waals surface area contributed by atoms with E-state index in [9.17, 15) is 9.59 Å². The van der Waals surface area contributed by atoms with E-state index in [4.69, 9.17) is 0 Å². The lowest BCUT2D eigenvalue weighted by atomic mass is 9.92. The molecule has 178 valence electrons. The van der Waals surface area contributed by atoms with Crippen LogP contribution in [-0.4, -0.2) is 60.6 Å². The molecule has 0 fully saturated rings. The molecule has 0 atom stereocenters. The smallest absolute Gasteiger partial charge is 0.164 e.